The Morgan fingerprint density at radius 1 is 1.58 bits per heavy atom. The number of hydrogen-bond donors (Lipinski definition) is 2. The highest BCUT2D eigenvalue weighted by Gasteiger charge is 2.25. The summed E-state index contributed by atoms with van der Waals surface area (Å²) in [5, 5.41) is 12.3. The van der Waals surface area contributed by atoms with Crippen LogP contribution in [-0.4, -0.2) is 29.6 Å². The van der Waals surface area contributed by atoms with Crippen LogP contribution in [-0.2, 0) is 4.79 Å². The van der Waals surface area contributed by atoms with Crippen molar-refractivity contribution in [1.82, 2.24) is 5.32 Å². The van der Waals surface area contributed by atoms with E-state index in [-0.39, 0.29) is 11.8 Å². The summed E-state index contributed by atoms with van der Waals surface area (Å²) >= 11 is 0. The molecule has 1 rings (SSSR count). The number of hydrogen-bond acceptors (Lipinski definition) is 3. The van der Waals surface area contributed by atoms with Gasteiger partial charge in [0.05, 0.1) is 0 Å². The molecule has 1 aliphatic heterocycles. The SMILES string of the molecule is CC.CC(=O)C(O)C1CCCN1. The van der Waals surface area contributed by atoms with Crippen LogP contribution in [0.25, 0.3) is 0 Å². The summed E-state index contributed by atoms with van der Waals surface area (Å²) in [6, 6.07) is 0.0116. The number of aliphatic hydroxyl groups is 1. The van der Waals surface area contributed by atoms with Crippen molar-refractivity contribution in [2.24, 2.45) is 0 Å². The third-order valence-corrected chi connectivity index (χ3v) is 1.90. The first kappa shape index (κ1) is 11.6. The maximum absolute atomic E-state index is 10.6. The van der Waals surface area contributed by atoms with E-state index in [1.54, 1.807) is 0 Å². The van der Waals surface area contributed by atoms with Crippen molar-refractivity contribution in [3.63, 3.8) is 0 Å². The van der Waals surface area contributed by atoms with E-state index >= 15 is 0 Å². The van der Waals surface area contributed by atoms with Crippen molar-refractivity contribution >= 4 is 5.78 Å². The molecule has 1 heterocycles. The molecule has 3 nitrogen and oxygen atoms in total. The minimum atomic E-state index is -0.789. The van der Waals surface area contributed by atoms with Gasteiger partial charge in [0.2, 0.25) is 0 Å². The molecule has 2 atom stereocenters. The molecule has 1 fully saturated rings. The third-order valence-electron chi connectivity index (χ3n) is 1.90. The second-order valence-corrected chi connectivity index (χ2v) is 2.76. The van der Waals surface area contributed by atoms with Crippen LogP contribution in [0.2, 0.25) is 0 Å². The normalized spacial score (nSPS) is 24.2. The van der Waals surface area contributed by atoms with Gasteiger partial charge in [0.15, 0.2) is 5.78 Å². The van der Waals surface area contributed by atoms with Crippen molar-refractivity contribution < 1.29 is 9.90 Å². The highest BCUT2D eigenvalue weighted by atomic mass is 16.3. The molecule has 1 saturated heterocycles. The summed E-state index contributed by atoms with van der Waals surface area (Å²) in [6.07, 6.45) is 1.19. The molecule has 0 bridgehead atoms. The molecule has 12 heavy (non-hydrogen) atoms. The minimum Gasteiger partial charge on any atom is -0.384 e. The van der Waals surface area contributed by atoms with Crippen LogP contribution in [0.5, 0.6) is 0 Å². The van der Waals surface area contributed by atoms with Crippen LogP contribution in [0.3, 0.4) is 0 Å². The van der Waals surface area contributed by atoms with Crippen molar-refractivity contribution in [2.75, 3.05) is 6.54 Å². The first-order valence-corrected chi connectivity index (χ1v) is 4.63. The van der Waals surface area contributed by atoms with Gasteiger partial charge >= 0.3 is 0 Å². The van der Waals surface area contributed by atoms with Crippen LogP contribution in [0.4, 0.5) is 0 Å². The zero-order valence-electron chi connectivity index (χ0n) is 8.13. The molecule has 1 aliphatic rings. The fraction of sp³-hybridized carbons (Fsp3) is 0.889. The molecule has 0 aromatic rings. The van der Waals surface area contributed by atoms with Crippen molar-refractivity contribution in [2.45, 2.75) is 45.8 Å². The predicted octanol–water partition coefficient (Wildman–Crippen LogP) is 0.714. The van der Waals surface area contributed by atoms with Gasteiger partial charge in [-0.3, -0.25) is 4.79 Å². The summed E-state index contributed by atoms with van der Waals surface area (Å²) < 4.78 is 0. The van der Waals surface area contributed by atoms with E-state index < -0.39 is 6.10 Å². The predicted molar refractivity (Wildman–Crippen MR) is 49.1 cm³/mol. The van der Waals surface area contributed by atoms with Gasteiger partial charge in [-0.1, -0.05) is 13.8 Å². The van der Waals surface area contributed by atoms with Crippen LogP contribution in [0, 0.1) is 0 Å². The smallest absolute Gasteiger partial charge is 0.159 e. The van der Waals surface area contributed by atoms with E-state index in [4.69, 9.17) is 0 Å². The lowest BCUT2D eigenvalue weighted by Gasteiger charge is -2.14. The largest absolute Gasteiger partial charge is 0.384 e. The van der Waals surface area contributed by atoms with Gasteiger partial charge in [0.1, 0.15) is 6.10 Å². The van der Waals surface area contributed by atoms with Crippen LogP contribution < -0.4 is 5.32 Å². The first-order chi connectivity index (χ1) is 5.72. The van der Waals surface area contributed by atoms with Gasteiger partial charge < -0.3 is 10.4 Å². The Kier molecular flexibility index (Phi) is 5.93. The number of nitrogens with one attached hydrogen (secondary N) is 1. The monoisotopic (exact) mass is 173 g/mol. The van der Waals surface area contributed by atoms with Gasteiger partial charge in [-0.25, -0.2) is 0 Å². The molecule has 0 saturated carbocycles. The maximum atomic E-state index is 10.6. The van der Waals surface area contributed by atoms with Crippen molar-refractivity contribution in [3.05, 3.63) is 0 Å². The molecule has 72 valence electrons. The second kappa shape index (κ2) is 6.14. The summed E-state index contributed by atoms with van der Waals surface area (Å²) in [5.74, 6) is -0.139. The van der Waals surface area contributed by atoms with E-state index in [0.717, 1.165) is 19.4 Å². The maximum Gasteiger partial charge on any atom is 0.159 e. The Labute approximate surface area is 74.2 Å². The molecule has 2 unspecified atom stereocenters. The Balaban J connectivity index is 0.000000561. The third kappa shape index (κ3) is 3.32. The number of carbonyl (C=O) groups excluding carboxylic acids is 1. The molecular formula is C9H19NO2. The lowest BCUT2D eigenvalue weighted by Crippen LogP contribution is -2.39. The Morgan fingerprint density at radius 3 is 2.50 bits per heavy atom. The average molecular weight is 173 g/mol. The summed E-state index contributed by atoms with van der Waals surface area (Å²) in [6.45, 7) is 6.35. The topological polar surface area (TPSA) is 49.3 Å². The first-order valence-electron chi connectivity index (χ1n) is 4.63. The van der Waals surface area contributed by atoms with Crippen molar-refractivity contribution in [1.29, 1.82) is 0 Å². The standard InChI is InChI=1S/C7H13NO2.C2H6/c1-5(9)7(10)6-3-2-4-8-6;1-2/h6-8,10H,2-4H2,1H3;1-2H3. The molecule has 0 radical (unpaired) electrons. The molecule has 2 N–H and O–H groups in total. The van der Waals surface area contributed by atoms with E-state index in [2.05, 4.69) is 5.32 Å². The van der Waals surface area contributed by atoms with Gasteiger partial charge in [-0.2, -0.15) is 0 Å². The van der Waals surface area contributed by atoms with Crippen LogP contribution in [0.15, 0.2) is 0 Å². The van der Waals surface area contributed by atoms with Gasteiger partial charge in [0, 0.05) is 6.04 Å². The lowest BCUT2D eigenvalue weighted by atomic mass is 10.1. The molecule has 3 heteroatoms. The molecule has 0 aromatic carbocycles. The van der Waals surface area contributed by atoms with E-state index in [1.165, 1.54) is 6.92 Å². The van der Waals surface area contributed by atoms with Gasteiger partial charge in [-0.15, -0.1) is 0 Å². The molecular weight excluding hydrogens is 154 g/mol. The van der Waals surface area contributed by atoms with E-state index in [1.807, 2.05) is 13.8 Å². The number of Topliss-reactive ketones (excluding diaryl/α,β-unsaturated/α-hetero) is 1. The quantitative estimate of drug-likeness (QED) is 0.646. The summed E-state index contributed by atoms with van der Waals surface area (Å²) in [7, 11) is 0. The minimum absolute atomic E-state index is 0.0116. The highest BCUT2D eigenvalue weighted by Crippen LogP contribution is 2.09. The molecule has 0 spiro atoms. The van der Waals surface area contributed by atoms with Gasteiger partial charge in [0.25, 0.3) is 0 Å². The number of ketones is 1. The Bertz CT molecular complexity index is 130. The fourth-order valence-electron chi connectivity index (χ4n) is 1.26. The van der Waals surface area contributed by atoms with E-state index in [9.17, 15) is 9.90 Å². The van der Waals surface area contributed by atoms with Crippen LogP contribution in [0.1, 0.15) is 33.6 Å². The van der Waals surface area contributed by atoms with Gasteiger partial charge in [-0.05, 0) is 26.3 Å². The molecule has 0 aromatic heterocycles. The number of rotatable bonds is 2. The highest BCUT2D eigenvalue weighted by molar-refractivity contribution is 5.80. The van der Waals surface area contributed by atoms with E-state index in [0.29, 0.717) is 0 Å². The van der Waals surface area contributed by atoms with Crippen molar-refractivity contribution in [3.8, 4) is 0 Å². The summed E-state index contributed by atoms with van der Waals surface area (Å²) in [5.41, 5.74) is 0. The average Bonchev–Trinajstić information content (AvgIpc) is 2.58. The Hall–Kier alpha value is -0.410. The lowest BCUT2D eigenvalue weighted by molar-refractivity contribution is -0.126. The van der Waals surface area contributed by atoms with Crippen LogP contribution >= 0.6 is 0 Å². The zero-order valence-corrected chi connectivity index (χ0v) is 8.13. The molecule has 0 amide bonds. The summed E-state index contributed by atoms with van der Waals surface area (Å²) in [4.78, 5) is 10.6. The Morgan fingerprint density at radius 2 is 2.17 bits per heavy atom. The second-order valence-electron chi connectivity index (χ2n) is 2.76. The fourth-order valence-corrected chi connectivity index (χ4v) is 1.26. The number of carbonyl (C=O) groups is 1. The molecule has 0 aliphatic carbocycles. The number of aliphatic hydroxyl groups excluding tert-OH is 1. The zero-order chi connectivity index (χ0) is 9.56.